The summed E-state index contributed by atoms with van der Waals surface area (Å²) in [4.78, 5) is 12.1. The molecule has 0 radical (unpaired) electrons. The van der Waals surface area contributed by atoms with Crippen LogP contribution in [-0.4, -0.2) is 44.8 Å². The van der Waals surface area contributed by atoms with Gasteiger partial charge in [-0.3, -0.25) is 4.79 Å². The zero-order valence-electron chi connectivity index (χ0n) is 13.5. The number of piperidine rings is 1. The highest BCUT2D eigenvalue weighted by molar-refractivity contribution is 7.89. The first-order valence-corrected chi connectivity index (χ1v) is 9.47. The fraction of sp³-hybridized carbons (Fsp3) is 0.562. The third kappa shape index (κ3) is 4.53. The van der Waals surface area contributed by atoms with E-state index < -0.39 is 10.0 Å². The van der Waals surface area contributed by atoms with Gasteiger partial charge in [0.2, 0.25) is 10.0 Å². The Bertz CT molecular complexity index is 620. The number of nitrogens with one attached hydrogen (secondary N) is 1. The van der Waals surface area contributed by atoms with Crippen molar-refractivity contribution < 1.29 is 13.2 Å². The number of nitrogens with two attached hydrogens (primary N) is 1. The predicted octanol–water partition coefficient (Wildman–Crippen LogP) is 1.19. The van der Waals surface area contributed by atoms with Gasteiger partial charge in [0.1, 0.15) is 0 Å². The van der Waals surface area contributed by atoms with Gasteiger partial charge in [-0.1, -0.05) is 6.92 Å². The highest BCUT2D eigenvalue weighted by Crippen LogP contribution is 2.23. The maximum absolute atomic E-state index is 12.6. The van der Waals surface area contributed by atoms with E-state index >= 15 is 0 Å². The Morgan fingerprint density at radius 2 is 1.87 bits per heavy atom. The highest BCUT2D eigenvalue weighted by atomic mass is 32.2. The average Bonchev–Trinajstić information content (AvgIpc) is 2.55. The molecule has 1 saturated heterocycles. The summed E-state index contributed by atoms with van der Waals surface area (Å²) in [6.07, 6.45) is 2.49. The van der Waals surface area contributed by atoms with E-state index in [2.05, 4.69) is 12.2 Å². The van der Waals surface area contributed by atoms with Gasteiger partial charge in [0.05, 0.1) is 4.90 Å². The molecule has 1 heterocycles. The minimum absolute atomic E-state index is 0.214. The lowest BCUT2D eigenvalue weighted by Crippen LogP contribution is -2.37. The van der Waals surface area contributed by atoms with Gasteiger partial charge in [-0.25, -0.2) is 8.42 Å². The Morgan fingerprint density at radius 3 is 2.43 bits per heavy atom. The molecule has 128 valence electrons. The van der Waals surface area contributed by atoms with E-state index in [9.17, 15) is 13.2 Å². The van der Waals surface area contributed by atoms with Crippen molar-refractivity contribution in [1.82, 2.24) is 9.62 Å². The van der Waals surface area contributed by atoms with Gasteiger partial charge < -0.3 is 11.1 Å². The monoisotopic (exact) mass is 339 g/mol. The van der Waals surface area contributed by atoms with Gasteiger partial charge in [-0.15, -0.1) is 0 Å². The molecule has 23 heavy (non-hydrogen) atoms. The van der Waals surface area contributed by atoms with Crippen molar-refractivity contribution in [2.75, 3.05) is 26.2 Å². The molecule has 1 amide bonds. The van der Waals surface area contributed by atoms with Crippen LogP contribution in [0.1, 0.15) is 36.5 Å². The van der Waals surface area contributed by atoms with Gasteiger partial charge >= 0.3 is 0 Å². The number of sulfonamides is 1. The molecule has 1 aromatic carbocycles. The van der Waals surface area contributed by atoms with Crippen LogP contribution in [0.15, 0.2) is 29.2 Å². The molecule has 1 aromatic rings. The molecule has 3 N–H and O–H groups in total. The number of rotatable bonds is 6. The summed E-state index contributed by atoms with van der Waals surface area (Å²) in [6, 6.07) is 6.12. The molecule has 1 aliphatic rings. The number of hydrogen-bond donors (Lipinski definition) is 2. The molecular formula is C16H25N3O3S. The summed E-state index contributed by atoms with van der Waals surface area (Å²) >= 11 is 0. The van der Waals surface area contributed by atoms with Crippen molar-refractivity contribution in [1.29, 1.82) is 0 Å². The van der Waals surface area contributed by atoms with E-state index in [1.807, 2.05) is 0 Å². The normalized spacial score (nSPS) is 17.1. The van der Waals surface area contributed by atoms with Gasteiger partial charge in [-0.2, -0.15) is 4.31 Å². The quantitative estimate of drug-likeness (QED) is 0.761. The number of nitrogens with zero attached hydrogens (tertiary/aromatic N) is 1. The summed E-state index contributed by atoms with van der Waals surface area (Å²) < 4.78 is 26.7. The number of hydrogen-bond acceptors (Lipinski definition) is 4. The number of carbonyl (C=O) groups excluding carboxylic acids is 1. The molecule has 1 fully saturated rings. The second kappa shape index (κ2) is 7.90. The molecule has 0 aromatic heterocycles. The second-order valence-electron chi connectivity index (χ2n) is 6.01. The molecule has 1 aliphatic heterocycles. The second-order valence-corrected chi connectivity index (χ2v) is 7.95. The van der Waals surface area contributed by atoms with Crippen LogP contribution in [0, 0.1) is 5.92 Å². The minimum Gasteiger partial charge on any atom is -0.352 e. The topological polar surface area (TPSA) is 92.5 Å². The lowest BCUT2D eigenvalue weighted by Gasteiger charge is -2.29. The van der Waals surface area contributed by atoms with Crippen LogP contribution in [0.25, 0.3) is 0 Å². The van der Waals surface area contributed by atoms with E-state index in [1.165, 1.54) is 16.4 Å². The van der Waals surface area contributed by atoms with Crippen molar-refractivity contribution in [3.63, 3.8) is 0 Å². The third-order valence-corrected chi connectivity index (χ3v) is 6.08. The largest absolute Gasteiger partial charge is 0.352 e. The van der Waals surface area contributed by atoms with Crippen LogP contribution >= 0.6 is 0 Å². The van der Waals surface area contributed by atoms with E-state index in [0.29, 0.717) is 44.1 Å². The number of amides is 1. The first kappa shape index (κ1) is 17.9. The fourth-order valence-corrected chi connectivity index (χ4v) is 4.03. The van der Waals surface area contributed by atoms with E-state index in [-0.39, 0.29) is 10.8 Å². The Morgan fingerprint density at radius 1 is 1.26 bits per heavy atom. The number of benzene rings is 1. The summed E-state index contributed by atoms with van der Waals surface area (Å²) in [5.41, 5.74) is 5.83. The van der Waals surface area contributed by atoms with Crippen LogP contribution in [-0.2, 0) is 10.0 Å². The molecule has 0 aliphatic carbocycles. The summed E-state index contributed by atoms with van der Waals surface area (Å²) in [5.74, 6) is 0.357. The Balaban J connectivity index is 2.05. The van der Waals surface area contributed by atoms with Gasteiger partial charge in [0.15, 0.2) is 0 Å². The lowest BCUT2D eigenvalue weighted by atomic mass is 10.0. The van der Waals surface area contributed by atoms with Gasteiger partial charge in [-0.05, 0) is 56.0 Å². The van der Waals surface area contributed by atoms with Crippen molar-refractivity contribution >= 4 is 15.9 Å². The van der Waals surface area contributed by atoms with Crippen LogP contribution in [0.3, 0.4) is 0 Å². The van der Waals surface area contributed by atoms with Crippen molar-refractivity contribution in [3.8, 4) is 0 Å². The Kier molecular flexibility index (Phi) is 6.15. The lowest BCUT2D eigenvalue weighted by molar-refractivity contribution is 0.0953. The first-order valence-electron chi connectivity index (χ1n) is 8.03. The molecule has 6 nitrogen and oxygen atoms in total. The fourth-order valence-electron chi connectivity index (χ4n) is 2.56. The SMILES string of the molecule is CC1CCN(S(=O)(=O)c2ccc(C(=O)NCCCN)cc2)CC1. The molecule has 0 bridgehead atoms. The summed E-state index contributed by atoms with van der Waals surface area (Å²) in [5, 5.41) is 2.75. The van der Waals surface area contributed by atoms with Crippen LogP contribution < -0.4 is 11.1 Å². The molecule has 0 spiro atoms. The molecular weight excluding hydrogens is 314 g/mol. The predicted molar refractivity (Wildman–Crippen MR) is 89.6 cm³/mol. The van der Waals surface area contributed by atoms with Crippen molar-refractivity contribution in [2.24, 2.45) is 11.7 Å². The zero-order valence-corrected chi connectivity index (χ0v) is 14.3. The molecule has 0 unspecified atom stereocenters. The first-order chi connectivity index (χ1) is 10.9. The summed E-state index contributed by atoms with van der Waals surface area (Å²) in [7, 11) is -3.46. The van der Waals surface area contributed by atoms with Crippen molar-refractivity contribution in [2.45, 2.75) is 31.1 Å². The minimum atomic E-state index is -3.46. The third-order valence-electron chi connectivity index (χ3n) is 4.16. The molecule has 0 saturated carbocycles. The molecule has 0 atom stereocenters. The summed E-state index contributed by atoms with van der Waals surface area (Å²) in [6.45, 7) is 4.30. The van der Waals surface area contributed by atoms with Gasteiger partial charge in [0, 0.05) is 25.2 Å². The van der Waals surface area contributed by atoms with Crippen LogP contribution in [0.5, 0.6) is 0 Å². The van der Waals surface area contributed by atoms with Gasteiger partial charge in [0.25, 0.3) is 5.91 Å². The average molecular weight is 339 g/mol. The van der Waals surface area contributed by atoms with E-state index in [4.69, 9.17) is 5.73 Å². The maximum Gasteiger partial charge on any atom is 0.251 e. The Hall–Kier alpha value is -1.44. The molecule has 2 rings (SSSR count). The standard InChI is InChI=1S/C16H25N3O3S/c1-13-7-11-19(12-8-13)23(21,22)15-5-3-14(4-6-15)16(20)18-10-2-9-17/h3-6,13H,2,7-12,17H2,1H3,(H,18,20). The highest BCUT2D eigenvalue weighted by Gasteiger charge is 2.28. The van der Waals surface area contributed by atoms with Crippen molar-refractivity contribution in [3.05, 3.63) is 29.8 Å². The Labute approximate surface area is 138 Å². The number of carbonyl (C=O) groups is 1. The van der Waals surface area contributed by atoms with E-state index in [0.717, 1.165) is 12.8 Å². The van der Waals surface area contributed by atoms with E-state index in [1.54, 1.807) is 12.1 Å². The van der Waals surface area contributed by atoms with Crippen LogP contribution in [0.2, 0.25) is 0 Å². The maximum atomic E-state index is 12.6. The smallest absolute Gasteiger partial charge is 0.251 e. The zero-order chi connectivity index (χ0) is 16.9. The van der Waals surface area contributed by atoms with Crippen LogP contribution in [0.4, 0.5) is 0 Å². The molecule has 7 heteroatoms.